The molecule has 174 valence electrons. The zero-order valence-electron chi connectivity index (χ0n) is 19.2. The van der Waals surface area contributed by atoms with Crippen LogP contribution in [0.25, 0.3) is 11.1 Å². The lowest BCUT2D eigenvalue weighted by Crippen LogP contribution is -2.50. The largest absolute Gasteiger partial charge is 0.396 e. The number of benzene rings is 1. The normalized spacial score (nSPS) is 26.3. The van der Waals surface area contributed by atoms with Crippen LogP contribution < -0.4 is 5.56 Å². The lowest BCUT2D eigenvalue weighted by Gasteiger charge is -2.39. The molecule has 4 atom stereocenters. The van der Waals surface area contributed by atoms with Gasteiger partial charge in [0.2, 0.25) is 11.8 Å². The van der Waals surface area contributed by atoms with Crippen LogP contribution in [0.4, 0.5) is 0 Å². The molecule has 2 amide bonds. The van der Waals surface area contributed by atoms with Gasteiger partial charge in [-0.25, -0.2) is 0 Å². The van der Waals surface area contributed by atoms with E-state index in [9.17, 15) is 19.5 Å². The summed E-state index contributed by atoms with van der Waals surface area (Å²) >= 11 is 0. The highest BCUT2D eigenvalue weighted by Crippen LogP contribution is 2.50. The van der Waals surface area contributed by atoms with E-state index in [0.29, 0.717) is 17.8 Å². The molecule has 1 saturated carbocycles. The third-order valence-electron chi connectivity index (χ3n) is 7.81. The fourth-order valence-corrected chi connectivity index (χ4v) is 6.21. The molecule has 0 unspecified atom stereocenters. The molecule has 2 fully saturated rings. The van der Waals surface area contributed by atoms with Crippen LogP contribution in [0.1, 0.15) is 37.4 Å². The quantitative estimate of drug-likeness (QED) is 0.776. The molecule has 1 aromatic carbocycles. The van der Waals surface area contributed by atoms with Gasteiger partial charge < -0.3 is 19.5 Å². The van der Waals surface area contributed by atoms with Crippen LogP contribution in [-0.2, 0) is 16.1 Å². The molecule has 33 heavy (non-hydrogen) atoms. The average Bonchev–Trinajstić information content (AvgIpc) is 3.44. The monoisotopic (exact) mass is 449 g/mol. The van der Waals surface area contributed by atoms with Gasteiger partial charge in [0.1, 0.15) is 0 Å². The lowest BCUT2D eigenvalue weighted by atomic mass is 9.86. The van der Waals surface area contributed by atoms with Gasteiger partial charge in [-0.15, -0.1) is 0 Å². The summed E-state index contributed by atoms with van der Waals surface area (Å²) in [5.74, 6) is -1.06. The Labute approximate surface area is 193 Å². The van der Waals surface area contributed by atoms with Gasteiger partial charge in [0.15, 0.2) is 0 Å². The average molecular weight is 450 g/mol. The van der Waals surface area contributed by atoms with Gasteiger partial charge in [-0.3, -0.25) is 14.4 Å². The summed E-state index contributed by atoms with van der Waals surface area (Å²) < 4.78 is 1.74. The summed E-state index contributed by atoms with van der Waals surface area (Å²) in [7, 11) is 3.40. The molecule has 0 spiro atoms. The maximum atomic E-state index is 13.7. The second-order valence-corrected chi connectivity index (χ2v) is 9.80. The molecular formula is C26H31N3O4. The van der Waals surface area contributed by atoms with Gasteiger partial charge in [-0.05, 0) is 30.5 Å². The molecule has 2 bridgehead atoms. The Morgan fingerprint density at radius 1 is 1.06 bits per heavy atom. The Hall–Kier alpha value is -2.93. The van der Waals surface area contributed by atoms with Crippen LogP contribution in [-0.4, -0.2) is 58.0 Å². The van der Waals surface area contributed by atoms with Crippen molar-refractivity contribution in [3.05, 3.63) is 58.5 Å². The van der Waals surface area contributed by atoms with Crippen molar-refractivity contribution < 1.29 is 14.7 Å². The van der Waals surface area contributed by atoms with Crippen LogP contribution >= 0.6 is 0 Å². The number of amides is 2. The number of pyridine rings is 1. The topological polar surface area (TPSA) is 82.8 Å². The van der Waals surface area contributed by atoms with Crippen molar-refractivity contribution in [2.24, 2.45) is 17.8 Å². The van der Waals surface area contributed by atoms with E-state index in [2.05, 4.69) is 0 Å². The Kier molecular flexibility index (Phi) is 5.60. The third kappa shape index (κ3) is 3.41. The first-order valence-electron chi connectivity index (χ1n) is 11.9. The Bertz CT molecular complexity index is 1120. The molecule has 1 N–H and O–H groups in total. The highest BCUT2D eigenvalue weighted by Gasteiger charge is 2.58. The fraction of sp³-hybridized carbons (Fsp3) is 0.500. The van der Waals surface area contributed by atoms with E-state index in [-0.39, 0.29) is 35.9 Å². The lowest BCUT2D eigenvalue weighted by molar-refractivity contribution is -0.141. The first-order valence-corrected chi connectivity index (χ1v) is 11.9. The molecule has 7 heteroatoms. The van der Waals surface area contributed by atoms with Crippen LogP contribution in [0.2, 0.25) is 0 Å². The predicted molar refractivity (Wildman–Crippen MR) is 124 cm³/mol. The van der Waals surface area contributed by atoms with E-state index in [1.807, 2.05) is 47.4 Å². The van der Waals surface area contributed by atoms with Crippen molar-refractivity contribution in [1.29, 1.82) is 0 Å². The molecule has 1 saturated heterocycles. The van der Waals surface area contributed by atoms with E-state index in [1.165, 1.54) is 4.90 Å². The van der Waals surface area contributed by atoms with Crippen LogP contribution in [0, 0.1) is 17.8 Å². The summed E-state index contributed by atoms with van der Waals surface area (Å²) in [6.07, 6.45) is 3.81. The summed E-state index contributed by atoms with van der Waals surface area (Å²) in [5, 5.41) is 10.4. The highest BCUT2D eigenvalue weighted by molar-refractivity contribution is 5.85. The SMILES string of the molecule is CN(C)C(=O)[C@H]1[C@H](CO)[C@H]2Cn3c(ccc(-c4ccccc4)c3=O)[C@@H]1N2C(=O)C1CCCC1. The van der Waals surface area contributed by atoms with E-state index in [4.69, 9.17) is 0 Å². The fourth-order valence-electron chi connectivity index (χ4n) is 6.21. The van der Waals surface area contributed by atoms with Gasteiger partial charge >= 0.3 is 0 Å². The van der Waals surface area contributed by atoms with Crippen molar-refractivity contribution in [3.8, 4) is 11.1 Å². The van der Waals surface area contributed by atoms with E-state index < -0.39 is 17.9 Å². The number of aliphatic hydroxyl groups is 1. The maximum Gasteiger partial charge on any atom is 0.258 e. The summed E-state index contributed by atoms with van der Waals surface area (Å²) in [4.78, 5) is 44.0. The van der Waals surface area contributed by atoms with Crippen molar-refractivity contribution in [3.63, 3.8) is 0 Å². The van der Waals surface area contributed by atoms with Gasteiger partial charge in [-0.2, -0.15) is 0 Å². The minimum atomic E-state index is -0.573. The van der Waals surface area contributed by atoms with Gasteiger partial charge in [-0.1, -0.05) is 43.2 Å². The van der Waals surface area contributed by atoms with Crippen LogP contribution in [0.3, 0.4) is 0 Å². The van der Waals surface area contributed by atoms with Crippen LogP contribution in [0.5, 0.6) is 0 Å². The highest BCUT2D eigenvalue weighted by atomic mass is 16.3. The number of hydrogen-bond donors (Lipinski definition) is 1. The molecule has 3 aliphatic rings. The zero-order valence-corrected chi connectivity index (χ0v) is 19.2. The molecule has 0 radical (unpaired) electrons. The first-order chi connectivity index (χ1) is 15.9. The predicted octanol–water partition coefficient (Wildman–Crippen LogP) is 2.28. The molecule has 3 heterocycles. The minimum absolute atomic E-state index is 0.0376. The second kappa shape index (κ2) is 8.45. The van der Waals surface area contributed by atoms with Gasteiger partial charge in [0, 0.05) is 50.3 Å². The number of carbonyl (C=O) groups excluding carboxylic acids is 2. The number of nitrogens with zero attached hydrogens (tertiary/aromatic N) is 3. The zero-order chi connectivity index (χ0) is 23.3. The second-order valence-electron chi connectivity index (χ2n) is 9.80. The van der Waals surface area contributed by atoms with E-state index in [1.54, 1.807) is 18.7 Å². The minimum Gasteiger partial charge on any atom is -0.396 e. The summed E-state index contributed by atoms with van der Waals surface area (Å²) in [5.41, 5.74) is 2.02. The summed E-state index contributed by atoms with van der Waals surface area (Å²) in [6.45, 7) is 0.0976. The van der Waals surface area contributed by atoms with Crippen molar-refractivity contribution in [1.82, 2.24) is 14.4 Å². The number of aromatic nitrogens is 1. The molecule has 1 aliphatic carbocycles. The molecule has 5 rings (SSSR count). The number of rotatable bonds is 4. The Morgan fingerprint density at radius 2 is 1.76 bits per heavy atom. The van der Waals surface area contributed by atoms with E-state index >= 15 is 0 Å². The standard InChI is InChI=1S/C26H31N3O4/c1-27(2)26(33)22-19(15-30)21-14-28-20(23(22)29(21)24(31)17-10-6-7-11-17)13-12-18(25(28)32)16-8-4-3-5-9-16/h3-5,8-9,12-13,17,19,21-23,30H,6-7,10-11,14-15H2,1-2H3/t19-,21-,22+,23+/m1/s1. The molecule has 2 aliphatic heterocycles. The summed E-state index contributed by atoms with van der Waals surface area (Å²) in [6, 6.07) is 12.3. The number of aliphatic hydroxyl groups excluding tert-OH is 1. The van der Waals surface area contributed by atoms with Crippen LogP contribution in [0.15, 0.2) is 47.3 Å². The van der Waals surface area contributed by atoms with Gasteiger partial charge in [0.05, 0.1) is 18.0 Å². The van der Waals surface area contributed by atoms with Gasteiger partial charge in [0.25, 0.3) is 5.56 Å². The molecule has 2 aromatic rings. The van der Waals surface area contributed by atoms with Crippen molar-refractivity contribution in [2.45, 2.75) is 44.3 Å². The molecular weight excluding hydrogens is 418 g/mol. The Morgan fingerprint density at radius 3 is 2.39 bits per heavy atom. The van der Waals surface area contributed by atoms with E-state index in [0.717, 1.165) is 31.2 Å². The maximum absolute atomic E-state index is 13.7. The molecule has 7 nitrogen and oxygen atoms in total. The Balaban J connectivity index is 1.65. The van der Waals surface area contributed by atoms with Crippen molar-refractivity contribution in [2.75, 3.05) is 20.7 Å². The van der Waals surface area contributed by atoms with Crippen molar-refractivity contribution >= 4 is 11.8 Å². The first kappa shape index (κ1) is 21.9. The number of carbonyl (C=O) groups is 2. The number of hydrogen-bond acceptors (Lipinski definition) is 4. The third-order valence-corrected chi connectivity index (χ3v) is 7.81. The smallest absolute Gasteiger partial charge is 0.258 e. The number of fused-ring (bicyclic) bond motifs is 4. The molecule has 1 aromatic heterocycles.